The quantitative estimate of drug-likeness (QED) is 0.201. The molecule has 0 spiro atoms. The molecule has 0 aliphatic heterocycles. The molecule has 0 atom stereocenters. The van der Waals surface area contributed by atoms with E-state index >= 15 is 0 Å². The average molecular weight is 411 g/mol. The predicted octanol–water partition coefficient (Wildman–Crippen LogP) is 7.08. The molecule has 0 saturated carbocycles. The van der Waals surface area contributed by atoms with Crippen LogP contribution in [0, 0.1) is 0 Å². The summed E-state index contributed by atoms with van der Waals surface area (Å²) < 4.78 is 0. The normalized spacial score (nSPS) is 10.6. The minimum Gasteiger partial charge on any atom is -0.242 e. The van der Waals surface area contributed by atoms with Gasteiger partial charge in [0.05, 0.1) is 11.1 Å². The minimum atomic E-state index is -0.693. The SMILES string of the molecule is CCCCCCCCCCCCc1ccc(C(=O)OOC(=O)c2ccccc2)cc1. The van der Waals surface area contributed by atoms with E-state index in [4.69, 9.17) is 0 Å². The van der Waals surface area contributed by atoms with Crippen molar-refractivity contribution in [3.05, 3.63) is 71.3 Å². The first-order chi connectivity index (χ1) is 14.7. The topological polar surface area (TPSA) is 52.6 Å². The highest BCUT2D eigenvalue weighted by atomic mass is 17.2. The molecule has 0 bridgehead atoms. The maximum Gasteiger partial charge on any atom is 0.386 e. The van der Waals surface area contributed by atoms with Gasteiger partial charge in [0, 0.05) is 0 Å². The molecule has 0 aliphatic carbocycles. The van der Waals surface area contributed by atoms with Crippen molar-refractivity contribution in [2.75, 3.05) is 0 Å². The molecule has 0 radical (unpaired) electrons. The van der Waals surface area contributed by atoms with Gasteiger partial charge in [-0.1, -0.05) is 95.0 Å². The van der Waals surface area contributed by atoms with Gasteiger partial charge >= 0.3 is 11.9 Å². The van der Waals surface area contributed by atoms with Gasteiger partial charge in [0.25, 0.3) is 0 Å². The van der Waals surface area contributed by atoms with E-state index in [9.17, 15) is 9.59 Å². The molecule has 0 aromatic heterocycles. The van der Waals surface area contributed by atoms with Crippen LogP contribution < -0.4 is 0 Å². The monoisotopic (exact) mass is 410 g/mol. The van der Waals surface area contributed by atoms with Crippen LogP contribution in [0.1, 0.15) is 97.4 Å². The second-order valence-corrected chi connectivity index (χ2v) is 7.74. The first kappa shape index (κ1) is 23.7. The fourth-order valence-corrected chi connectivity index (χ4v) is 3.37. The Morgan fingerprint density at radius 3 is 1.60 bits per heavy atom. The third kappa shape index (κ3) is 9.25. The zero-order valence-electron chi connectivity index (χ0n) is 18.1. The zero-order valence-corrected chi connectivity index (χ0v) is 18.1. The fourth-order valence-electron chi connectivity index (χ4n) is 3.37. The van der Waals surface area contributed by atoms with Gasteiger partial charge in [-0.05, 0) is 42.7 Å². The molecule has 0 N–H and O–H groups in total. The van der Waals surface area contributed by atoms with Crippen molar-refractivity contribution >= 4 is 11.9 Å². The molecule has 2 rings (SSSR count). The van der Waals surface area contributed by atoms with E-state index in [1.165, 1.54) is 63.4 Å². The smallest absolute Gasteiger partial charge is 0.242 e. The lowest BCUT2D eigenvalue weighted by Gasteiger charge is -2.05. The summed E-state index contributed by atoms with van der Waals surface area (Å²) in [6, 6.07) is 15.7. The molecule has 2 aromatic carbocycles. The van der Waals surface area contributed by atoms with Gasteiger partial charge in [0.2, 0.25) is 0 Å². The minimum absolute atomic E-state index is 0.331. The summed E-state index contributed by atoms with van der Waals surface area (Å²) in [4.78, 5) is 33.1. The number of carbonyl (C=O) groups excluding carboxylic acids is 2. The van der Waals surface area contributed by atoms with E-state index in [1.54, 1.807) is 42.5 Å². The van der Waals surface area contributed by atoms with E-state index in [0.29, 0.717) is 11.1 Å². The second kappa shape index (κ2) is 14.4. The lowest BCUT2D eigenvalue weighted by molar-refractivity contribution is -0.187. The van der Waals surface area contributed by atoms with Crippen LogP contribution in [0.25, 0.3) is 0 Å². The lowest BCUT2D eigenvalue weighted by Crippen LogP contribution is -2.11. The summed E-state index contributed by atoms with van der Waals surface area (Å²) in [6.45, 7) is 2.25. The van der Waals surface area contributed by atoms with E-state index in [-0.39, 0.29) is 0 Å². The van der Waals surface area contributed by atoms with Crippen molar-refractivity contribution in [1.29, 1.82) is 0 Å². The lowest BCUT2D eigenvalue weighted by atomic mass is 10.0. The number of hydrogen-bond donors (Lipinski definition) is 0. The van der Waals surface area contributed by atoms with E-state index in [2.05, 4.69) is 16.7 Å². The molecule has 2 aromatic rings. The third-order valence-corrected chi connectivity index (χ3v) is 5.21. The van der Waals surface area contributed by atoms with Crippen LogP contribution in [0.5, 0.6) is 0 Å². The number of unbranched alkanes of at least 4 members (excludes halogenated alkanes) is 9. The molecule has 0 amide bonds. The van der Waals surface area contributed by atoms with Crippen LogP contribution >= 0.6 is 0 Å². The van der Waals surface area contributed by atoms with Crippen LogP contribution in [-0.4, -0.2) is 11.9 Å². The standard InChI is InChI=1S/C26H34O4/c1-2-3-4-5-6-7-8-9-10-12-15-22-18-20-24(21-19-22)26(28)30-29-25(27)23-16-13-11-14-17-23/h11,13-14,16-21H,2-10,12,15H2,1H3. The number of carbonyl (C=O) groups is 2. The molecular formula is C26H34O4. The molecule has 0 fully saturated rings. The fraction of sp³-hybridized carbons (Fsp3) is 0.462. The van der Waals surface area contributed by atoms with Gasteiger partial charge in [0.15, 0.2) is 0 Å². The van der Waals surface area contributed by atoms with Crippen LogP contribution in [-0.2, 0) is 16.2 Å². The van der Waals surface area contributed by atoms with Crippen LogP contribution in [0.3, 0.4) is 0 Å². The van der Waals surface area contributed by atoms with Gasteiger partial charge in [-0.2, -0.15) is 0 Å². The van der Waals surface area contributed by atoms with Gasteiger partial charge in [-0.25, -0.2) is 19.4 Å². The second-order valence-electron chi connectivity index (χ2n) is 7.74. The van der Waals surface area contributed by atoms with Crippen molar-refractivity contribution in [3.63, 3.8) is 0 Å². The van der Waals surface area contributed by atoms with Crippen molar-refractivity contribution < 1.29 is 19.4 Å². The predicted molar refractivity (Wildman–Crippen MR) is 119 cm³/mol. The Hall–Kier alpha value is -2.62. The zero-order chi connectivity index (χ0) is 21.4. The summed E-state index contributed by atoms with van der Waals surface area (Å²) >= 11 is 0. The summed E-state index contributed by atoms with van der Waals surface area (Å²) in [7, 11) is 0. The van der Waals surface area contributed by atoms with Gasteiger partial charge in [0.1, 0.15) is 0 Å². The maximum absolute atomic E-state index is 12.0. The Labute approximate surface area is 180 Å². The van der Waals surface area contributed by atoms with E-state index in [0.717, 1.165) is 12.8 Å². The number of rotatable bonds is 13. The third-order valence-electron chi connectivity index (χ3n) is 5.21. The van der Waals surface area contributed by atoms with Gasteiger partial charge < -0.3 is 0 Å². The number of benzene rings is 2. The van der Waals surface area contributed by atoms with E-state index in [1.807, 2.05) is 12.1 Å². The summed E-state index contributed by atoms with van der Waals surface area (Å²) in [5.41, 5.74) is 1.90. The molecule has 162 valence electrons. The first-order valence-corrected chi connectivity index (χ1v) is 11.3. The largest absolute Gasteiger partial charge is 0.386 e. The van der Waals surface area contributed by atoms with Crippen molar-refractivity contribution in [1.82, 2.24) is 0 Å². The Kier molecular flexibility index (Phi) is 11.3. The Morgan fingerprint density at radius 1 is 0.600 bits per heavy atom. The highest BCUT2D eigenvalue weighted by Crippen LogP contribution is 2.14. The maximum atomic E-state index is 12.0. The molecule has 0 aliphatic rings. The Bertz CT molecular complexity index is 737. The van der Waals surface area contributed by atoms with Crippen molar-refractivity contribution in [3.8, 4) is 0 Å². The molecular weight excluding hydrogens is 376 g/mol. The van der Waals surface area contributed by atoms with Crippen molar-refractivity contribution in [2.45, 2.75) is 77.6 Å². The summed E-state index contributed by atoms with van der Waals surface area (Å²) in [6.07, 6.45) is 14.2. The highest BCUT2D eigenvalue weighted by molar-refractivity contribution is 5.92. The molecule has 4 nitrogen and oxygen atoms in total. The van der Waals surface area contributed by atoms with Crippen LogP contribution in [0.4, 0.5) is 0 Å². The molecule has 0 heterocycles. The van der Waals surface area contributed by atoms with E-state index < -0.39 is 11.9 Å². The Morgan fingerprint density at radius 2 is 1.07 bits per heavy atom. The first-order valence-electron chi connectivity index (χ1n) is 11.3. The molecule has 4 heteroatoms. The number of aryl methyl sites for hydroxylation is 1. The highest BCUT2D eigenvalue weighted by Gasteiger charge is 2.13. The van der Waals surface area contributed by atoms with Crippen LogP contribution in [0.15, 0.2) is 54.6 Å². The van der Waals surface area contributed by atoms with Crippen LogP contribution in [0.2, 0.25) is 0 Å². The summed E-state index contributed by atoms with van der Waals surface area (Å²) in [5, 5.41) is 0. The number of hydrogen-bond acceptors (Lipinski definition) is 4. The molecule has 0 unspecified atom stereocenters. The Balaban J connectivity index is 1.59. The molecule has 0 saturated heterocycles. The summed E-state index contributed by atoms with van der Waals surface area (Å²) in [5.74, 6) is -1.37. The average Bonchev–Trinajstić information content (AvgIpc) is 2.79. The van der Waals surface area contributed by atoms with Gasteiger partial charge in [-0.15, -0.1) is 0 Å². The van der Waals surface area contributed by atoms with Gasteiger partial charge in [-0.3, -0.25) is 0 Å². The molecule has 30 heavy (non-hydrogen) atoms. The van der Waals surface area contributed by atoms with Crippen molar-refractivity contribution in [2.24, 2.45) is 0 Å².